The van der Waals surface area contributed by atoms with Crippen molar-refractivity contribution in [2.75, 3.05) is 0 Å². The quantitative estimate of drug-likeness (QED) is 0.856. The van der Waals surface area contributed by atoms with Crippen molar-refractivity contribution < 1.29 is 13.6 Å². The number of nitrogens with one attached hydrogen (secondary N) is 1. The van der Waals surface area contributed by atoms with Gasteiger partial charge in [-0.2, -0.15) is 0 Å². The zero-order chi connectivity index (χ0) is 13.7. The van der Waals surface area contributed by atoms with Crippen molar-refractivity contribution in [3.63, 3.8) is 0 Å². The van der Waals surface area contributed by atoms with Gasteiger partial charge in [0.15, 0.2) is 0 Å². The van der Waals surface area contributed by atoms with Crippen molar-refractivity contribution in [3.8, 4) is 0 Å². The predicted molar refractivity (Wildman–Crippen MR) is 70.7 cm³/mol. The van der Waals surface area contributed by atoms with Crippen LogP contribution in [0.3, 0.4) is 0 Å². The monoisotopic (exact) mass is 259 g/mol. The third-order valence-corrected chi connectivity index (χ3v) is 2.60. The van der Waals surface area contributed by atoms with Crippen molar-refractivity contribution >= 4 is 12.0 Å². The average Bonchev–Trinajstić information content (AvgIpc) is 2.90. The smallest absolute Gasteiger partial charge is 0.244 e. The molecule has 0 radical (unpaired) electrons. The third kappa shape index (κ3) is 3.81. The highest BCUT2D eigenvalue weighted by Gasteiger charge is 2.09. The molecule has 98 valence electrons. The maximum absolute atomic E-state index is 12.9. The molecule has 0 fully saturated rings. The van der Waals surface area contributed by atoms with Crippen LogP contribution in [-0.2, 0) is 4.79 Å². The first-order chi connectivity index (χ1) is 9.15. The minimum atomic E-state index is -0.327. The first kappa shape index (κ1) is 13.1. The van der Waals surface area contributed by atoms with Crippen molar-refractivity contribution in [1.29, 1.82) is 0 Å². The fraction of sp³-hybridized carbons (Fsp3) is 0.133. The summed E-state index contributed by atoms with van der Waals surface area (Å²) >= 11 is 0. The van der Waals surface area contributed by atoms with E-state index in [0.717, 1.165) is 0 Å². The Labute approximate surface area is 110 Å². The number of rotatable bonds is 4. The topological polar surface area (TPSA) is 42.2 Å². The zero-order valence-electron chi connectivity index (χ0n) is 10.5. The van der Waals surface area contributed by atoms with Gasteiger partial charge in [-0.1, -0.05) is 12.1 Å². The molecule has 0 spiro atoms. The molecule has 1 heterocycles. The van der Waals surface area contributed by atoms with E-state index in [9.17, 15) is 9.18 Å². The molecule has 1 N–H and O–H groups in total. The van der Waals surface area contributed by atoms with Crippen molar-refractivity contribution in [3.05, 3.63) is 65.9 Å². The van der Waals surface area contributed by atoms with Crippen LogP contribution in [0.4, 0.5) is 4.39 Å². The molecule has 0 saturated heterocycles. The number of carbonyl (C=O) groups is 1. The van der Waals surface area contributed by atoms with Gasteiger partial charge in [0, 0.05) is 6.08 Å². The molecule has 0 aliphatic heterocycles. The third-order valence-electron chi connectivity index (χ3n) is 2.60. The number of benzene rings is 1. The lowest BCUT2D eigenvalue weighted by Crippen LogP contribution is -2.24. The minimum absolute atomic E-state index is 0.209. The summed E-state index contributed by atoms with van der Waals surface area (Å²) in [5.74, 6) is 0.104. The number of amides is 1. The Balaban J connectivity index is 1.94. The lowest BCUT2D eigenvalue weighted by atomic mass is 10.2. The van der Waals surface area contributed by atoms with Gasteiger partial charge in [0.25, 0.3) is 0 Å². The highest BCUT2D eigenvalue weighted by atomic mass is 19.1. The Morgan fingerprint density at radius 2 is 2.21 bits per heavy atom. The highest BCUT2D eigenvalue weighted by molar-refractivity contribution is 5.91. The Bertz CT molecular complexity index is 576. The molecule has 1 aromatic heterocycles. The molecular formula is C15H14FNO2. The molecule has 0 aliphatic rings. The summed E-state index contributed by atoms with van der Waals surface area (Å²) in [6.07, 6.45) is 4.49. The normalized spacial score (nSPS) is 12.5. The maximum Gasteiger partial charge on any atom is 0.244 e. The minimum Gasteiger partial charge on any atom is -0.467 e. The fourth-order valence-corrected chi connectivity index (χ4v) is 1.65. The number of carbonyl (C=O) groups excluding carboxylic acids is 1. The Hall–Kier alpha value is -2.36. The van der Waals surface area contributed by atoms with Crippen LogP contribution in [0.25, 0.3) is 6.08 Å². The number of hydrogen-bond donors (Lipinski definition) is 1. The molecule has 1 atom stereocenters. The number of halogens is 1. The molecule has 0 unspecified atom stereocenters. The van der Waals surface area contributed by atoms with E-state index in [2.05, 4.69) is 5.32 Å². The van der Waals surface area contributed by atoms with Crippen molar-refractivity contribution in [2.24, 2.45) is 0 Å². The molecule has 2 rings (SSSR count). The molecule has 1 aromatic carbocycles. The van der Waals surface area contributed by atoms with Crippen LogP contribution in [-0.4, -0.2) is 5.91 Å². The molecule has 0 bridgehead atoms. The van der Waals surface area contributed by atoms with Gasteiger partial charge in [-0.3, -0.25) is 4.79 Å². The van der Waals surface area contributed by atoms with E-state index < -0.39 is 0 Å². The van der Waals surface area contributed by atoms with E-state index in [1.165, 1.54) is 18.2 Å². The maximum atomic E-state index is 12.9. The van der Waals surface area contributed by atoms with Crippen molar-refractivity contribution in [2.45, 2.75) is 13.0 Å². The molecule has 19 heavy (non-hydrogen) atoms. The molecule has 0 saturated carbocycles. The first-order valence-electron chi connectivity index (χ1n) is 5.93. The Morgan fingerprint density at radius 3 is 2.89 bits per heavy atom. The number of hydrogen-bond acceptors (Lipinski definition) is 2. The molecule has 3 nitrogen and oxygen atoms in total. The number of furan rings is 1. The van der Waals surface area contributed by atoms with Crippen LogP contribution in [0.1, 0.15) is 24.3 Å². The summed E-state index contributed by atoms with van der Waals surface area (Å²) in [5, 5.41) is 2.75. The first-order valence-corrected chi connectivity index (χ1v) is 5.93. The largest absolute Gasteiger partial charge is 0.467 e. The lowest BCUT2D eigenvalue weighted by Gasteiger charge is -2.08. The lowest BCUT2D eigenvalue weighted by molar-refractivity contribution is -0.117. The molecule has 1 amide bonds. The molecule has 0 aliphatic carbocycles. The van der Waals surface area contributed by atoms with Gasteiger partial charge in [0.2, 0.25) is 5.91 Å². The van der Waals surface area contributed by atoms with E-state index in [0.29, 0.717) is 11.3 Å². The standard InChI is InChI=1S/C15H14FNO2/c1-11(14-6-3-9-19-14)17-15(18)8-7-12-4-2-5-13(16)10-12/h2-11H,1H3,(H,17,18)/b8-7+/t11-/m0/s1. The van der Waals surface area contributed by atoms with E-state index >= 15 is 0 Å². The second-order valence-electron chi connectivity index (χ2n) is 4.13. The van der Waals surface area contributed by atoms with Gasteiger partial charge in [-0.05, 0) is 42.8 Å². The van der Waals surface area contributed by atoms with Crippen LogP contribution in [0.15, 0.2) is 53.2 Å². The van der Waals surface area contributed by atoms with Crippen LogP contribution < -0.4 is 5.32 Å². The Kier molecular flexibility index (Phi) is 4.13. The highest BCUT2D eigenvalue weighted by Crippen LogP contribution is 2.12. The van der Waals surface area contributed by atoms with Gasteiger partial charge in [0.05, 0.1) is 12.3 Å². The van der Waals surface area contributed by atoms with Crippen molar-refractivity contribution in [1.82, 2.24) is 5.32 Å². The summed E-state index contributed by atoms with van der Waals surface area (Å²) < 4.78 is 18.1. The van der Waals surface area contributed by atoms with Gasteiger partial charge >= 0.3 is 0 Å². The summed E-state index contributed by atoms with van der Waals surface area (Å²) in [4.78, 5) is 11.7. The van der Waals surface area contributed by atoms with E-state index in [1.54, 1.807) is 36.6 Å². The van der Waals surface area contributed by atoms with E-state index in [-0.39, 0.29) is 17.8 Å². The van der Waals surface area contributed by atoms with Gasteiger partial charge < -0.3 is 9.73 Å². The van der Waals surface area contributed by atoms with Gasteiger partial charge in [-0.25, -0.2) is 4.39 Å². The summed E-state index contributed by atoms with van der Waals surface area (Å²) in [7, 11) is 0. The second kappa shape index (κ2) is 6.00. The summed E-state index contributed by atoms with van der Waals surface area (Å²) in [6, 6.07) is 9.39. The van der Waals surface area contributed by atoms with Crippen LogP contribution >= 0.6 is 0 Å². The van der Waals surface area contributed by atoms with E-state index in [1.807, 2.05) is 6.92 Å². The summed E-state index contributed by atoms with van der Waals surface area (Å²) in [5.41, 5.74) is 0.640. The fourth-order valence-electron chi connectivity index (χ4n) is 1.65. The second-order valence-corrected chi connectivity index (χ2v) is 4.13. The van der Waals surface area contributed by atoms with E-state index in [4.69, 9.17) is 4.42 Å². The van der Waals surface area contributed by atoms with Crippen LogP contribution in [0.2, 0.25) is 0 Å². The zero-order valence-corrected chi connectivity index (χ0v) is 10.5. The predicted octanol–water partition coefficient (Wildman–Crippen LogP) is 3.31. The van der Waals surface area contributed by atoms with Crippen LogP contribution in [0, 0.1) is 5.82 Å². The van der Waals surface area contributed by atoms with Gasteiger partial charge in [-0.15, -0.1) is 0 Å². The average molecular weight is 259 g/mol. The summed E-state index contributed by atoms with van der Waals surface area (Å²) in [6.45, 7) is 1.83. The SMILES string of the molecule is C[C@H](NC(=O)/C=C/c1cccc(F)c1)c1ccco1. The molecule has 4 heteroatoms. The van der Waals surface area contributed by atoms with Crippen LogP contribution in [0.5, 0.6) is 0 Å². The van der Waals surface area contributed by atoms with Gasteiger partial charge in [0.1, 0.15) is 11.6 Å². The molecular weight excluding hydrogens is 245 g/mol. The molecule has 2 aromatic rings. The Morgan fingerprint density at radius 1 is 1.37 bits per heavy atom.